The topological polar surface area (TPSA) is 72.1 Å². The number of morpholine rings is 1. The van der Waals surface area contributed by atoms with E-state index in [1.165, 1.54) is 5.56 Å². The number of carbonyl (C=O) groups excluding carboxylic acids is 1. The third-order valence-corrected chi connectivity index (χ3v) is 5.14. The highest BCUT2D eigenvalue weighted by Crippen LogP contribution is 2.27. The normalized spacial score (nSPS) is 14.2. The maximum atomic E-state index is 12.3. The predicted molar refractivity (Wildman–Crippen MR) is 117 cm³/mol. The van der Waals surface area contributed by atoms with E-state index >= 15 is 0 Å². The second-order valence-corrected chi connectivity index (χ2v) is 7.19. The molecular weight excluding hydrogens is 382 g/mol. The van der Waals surface area contributed by atoms with Gasteiger partial charge in [0.2, 0.25) is 5.91 Å². The Morgan fingerprint density at radius 3 is 2.60 bits per heavy atom. The molecule has 1 saturated heterocycles. The van der Waals surface area contributed by atoms with Crippen molar-refractivity contribution in [2.24, 2.45) is 0 Å². The molecule has 162 valence electrons. The van der Waals surface area contributed by atoms with Crippen LogP contribution in [0.5, 0.6) is 11.5 Å². The third-order valence-electron chi connectivity index (χ3n) is 5.14. The highest BCUT2D eigenvalue weighted by atomic mass is 16.5. The van der Waals surface area contributed by atoms with Gasteiger partial charge >= 0.3 is 0 Å². The van der Waals surface area contributed by atoms with E-state index < -0.39 is 0 Å². The van der Waals surface area contributed by atoms with Crippen LogP contribution in [0.15, 0.2) is 42.5 Å². The zero-order valence-corrected chi connectivity index (χ0v) is 17.8. The highest BCUT2D eigenvalue weighted by Gasteiger charge is 2.13. The van der Waals surface area contributed by atoms with Crippen molar-refractivity contribution in [3.8, 4) is 11.5 Å². The number of benzene rings is 2. The Bertz CT molecular complexity index is 822. The van der Waals surface area contributed by atoms with Crippen molar-refractivity contribution in [1.29, 1.82) is 0 Å². The standard InChI is InChI=1S/C23H31N3O4/c1-28-21-8-7-18(15-22(21)29-2)9-10-24-23(27)16-25-20-6-4-3-5-19(20)17-26-11-13-30-14-12-26/h3-8,15,25H,9-14,16-17H2,1-2H3,(H,24,27). The first kappa shape index (κ1) is 21.9. The fourth-order valence-corrected chi connectivity index (χ4v) is 3.45. The lowest BCUT2D eigenvalue weighted by Crippen LogP contribution is -2.36. The Hall–Kier alpha value is -2.77. The third kappa shape index (κ3) is 6.37. The zero-order valence-electron chi connectivity index (χ0n) is 17.8. The largest absolute Gasteiger partial charge is 0.493 e. The number of para-hydroxylation sites is 1. The van der Waals surface area contributed by atoms with Gasteiger partial charge in [0.05, 0.1) is 34.0 Å². The monoisotopic (exact) mass is 413 g/mol. The molecule has 0 aliphatic carbocycles. The Kier molecular flexibility index (Phi) is 8.35. The van der Waals surface area contributed by atoms with Gasteiger partial charge in [-0.05, 0) is 35.7 Å². The number of amides is 1. The first-order chi connectivity index (χ1) is 14.7. The van der Waals surface area contributed by atoms with Gasteiger partial charge in [-0.15, -0.1) is 0 Å². The molecule has 30 heavy (non-hydrogen) atoms. The fourth-order valence-electron chi connectivity index (χ4n) is 3.45. The lowest BCUT2D eigenvalue weighted by molar-refractivity contribution is -0.119. The Labute approximate surface area is 178 Å². The summed E-state index contributed by atoms with van der Waals surface area (Å²) in [6, 6.07) is 13.9. The van der Waals surface area contributed by atoms with Crippen LogP contribution in [-0.4, -0.2) is 64.4 Å². The van der Waals surface area contributed by atoms with Crippen molar-refractivity contribution in [3.63, 3.8) is 0 Å². The minimum atomic E-state index is -0.0309. The maximum Gasteiger partial charge on any atom is 0.239 e. The van der Waals surface area contributed by atoms with Gasteiger partial charge in [-0.3, -0.25) is 9.69 Å². The molecule has 2 N–H and O–H groups in total. The summed E-state index contributed by atoms with van der Waals surface area (Å²) in [6.07, 6.45) is 0.722. The molecule has 1 aliphatic rings. The van der Waals surface area contributed by atoms with Crippen LogP contribution in [-0.2, 0) is 22.5 Å². The number of nitrogens with one attached hydrogen (secondary N) is 2. The van der Waals surface area contributed by atoms with E-state index in [1.807, 2.05) is 36.4 Å². The van der Waals surface area contributed by atoms with E-state index in [0.717, 1.165) is 50.5 Å². The molecule has 7 heteroatoms. The quantitative estimate of drug-likeness (QED) is 0.623. The fraction of sp³-hybridized carbons (Fsp3) is 0.435. The molecule has 1 aliphatic heterocycles. The second-order valence-electron chi connectivity index (χ2n) is 7.19. The summed E-state index contributed by atoms with van der Waals surface area (Å²) >= 11 is 0. The van der Waals surface area contributed by atoms with Crippen LogP contribution in [0, 0.1) is 0 Å². The molecule has 0 bridgehead atoms. The average molecular weight is 414 g/mol. The number of anilines is 1. The zero-order chi connectivity index (χ0) is 21.2. The molecular formula is C23H31N3O4. The Balaban J connectivity index is 1.45. The molecule has 0 spiro atoms. The van der Waals surface area contributed by atoms with E-state index in [0.29, 0.717) is 18.0 Å². The Morgan fingerprint density at radius 2 is 1.83 bits per heavy atom. The van der Waals surface area contributed by atoms with Crippen LogP contribution >= 0.6 is 0 Å². The van der Waals surface area contributed by atoms with E-state index in [1.54, 1.807) is 14.2 Å². The van der Waals surface area contributed by atoms with Gasteiger partial charge in [0.1, 0.15) is 0 Å². The minimum absolute atomic E-state index is 0.0309. The van der Waals surface area contributed by atoms with Crippen LogP contribution < -0.4 is 20.1 Å². The molecule has 0 radical (unpaired) electrons. The number of nitrogens with zero attached hydrogens (tertiary/aromatic N) is 1. The predicted octanol–water partition coefficient (Wildman–Crippen LogP) is 2.31. The van der Waals surface area contributed by atoms with Gasteiger partial charge in [-0.2, -0.15) is 0 Å². The summed E-state index contributed by atoms with van der Waals surface area (Å²) in [5.41, 5.74) is 3.27. The van der Waals surface area contributed by atoms with Gasteiger partial charge in [-0.25, -0.2) is 0 Å². The summed E-state index contributed by atoms with van der Waals surface area (Å²) < 4.78 is 16.0. The molecule has 0 unspecified atom stereocenters. The molecule has 0 saturated carbocycles. The van der Waals surface area contributed by atoms with Crippen LogP contribution in [0.25, 0.3) is 0 Å². The minimum Gasteiger partial charge on any atom is -0.493 e. The Morgan fingerprint density at radius 1 is 1.07 bits per heavy atom. The van der Waals surface area contributed by atoms with Crippen LogP contribution in [0.1, 0.15) is 11.1 Å². The van der Waals surface area contributed by atoms with Crippen molar-refractivity contribution >= 4 is 11.6 Å². The van der Waals surface area contributed by atoms with Crippen molar-refractivity contribution in [2.45, 2.75) is 13.0 Å². The van der Waals surface area contributed by atoms with Crippen molar-refractivity contribution in [1.82, 2.24) is 10.2 Å². The number of hydrogen-bond donors (Lipinski definition) is 2. The molecule has 3 rings (SSSR count). The molecule has 1 heterocycles. The molecule has 2 aromatic rings. The summed E-state index contributed by atoms with van der Waals surface area (Å²) in [4.78, 5) is 14.7. The van der Waals surface area contributed by atoms with Crippen LogP contribution in [0.4, 0.5) is 5.69 Å². The summed E-state index contributed by atoms with van der Waals surface area (Å²) in [6.45, 7) is 5.08. The molecule has 7 nitrogen and oxygen atoms in total. The van der Waals surface area contributed by atoms with Crippen molar-refractivity contribution in [3.05, 3.63) is 53.6 Å². The van der Waals surface area contributed by atoms with Crippen LogP contribution in [0.3, 0.4) is 0 Å². The SMILES string of the molecule is COc1ccc(CCNC(=O)CNc2ccccc2CN2CCOCC2)cc1OC. The summed E-state index contributed by atoms with van der Waals surface area (Å²) in [5.74, 6) is 1.36. The van der Waals surface area contributed by atoms with E-state index in [-0.39, 0.29) is 12.5 Å². The lowest BCUT2D eigenvalue weighted by atomic mass is 10.1. The van der Waals surface area contributed by atoms with Gasteiger partial charge in [0.25, 0.3) is 0 Å². The summed E-state index contributed by atoms with van der Waals surface area (Å²) in [7, 11) is 3.23. The number of rotatable bonds is 10. The van der Waals surface area contributed by atoms with E-state index in [4.69, 9.17) is 14.2 Å². The second kappa shape index (κ2) is 11.4. The van der Waals surface area contributed by atoms with Crippen molar-refractivity contribution in [2.75, 3.05) is 58.9 Å². The maximum absolute atomic E-state index is 12.3. The number of ether oxygens (including phenoxy) is 3. The first-order valence-electron chi connectivity index (χ1n) is 10.3. The molecule has 0 aromatic heterocycles. The lowest BCUT2D eigenvalue weighted by Gasteiger charge is -2.27. The van der Waals surface area contributed by atoms with Gasteiger partial charge in [0.15, 0.2) is 11.5 Å². The van der Waals surface area contributed by atoms with Gasteiger partial charge in [-0.1, -0.05) is 24.3 Å². The molecule has 2 aromatic carbocycles. The van der Waals surface area contributed by atoms with E-state index in [2.05, 4.69) is 21.6 Å². The first-order valence-corrected chi connectivity index (χ1v) is 10.3. The van der Waals surface area contributed by atoms with Crippen molar-refractivity contribution < 1.29 is 19.0 Å². The molecule has 1 fully saturated rings. The van der Waals surface area contributed by atoms with Crippen LogP contribution in [0.2, 0.25) is 0 Å². The van der Waals surface area contributed by atoms with E-state index in [9.17, 15) is 4.79 Å². The smallest absolute Gasteiger partial charge is 0.239 e. The number of carbonyl (C=O) groups is 1. The number of hydrogen-bond acceptors (Lipinski definition) is 6. The molecule has 0 atom stereocenters. The van der Waals surface area contributed by atoms with Gasteiger partial charge < -0.3 is 24.8 Å². The number of methoxy groups -OCH3 is 2. The highest BCUT2D eigenvalue weighted by molar-refractivity contribution is 5.80. The van der Waals surface area contributed by atoms with Gasteiger partial charge in [0, 0.05) is 31.9 Å². The summed E-state index contributed by atoms with van der Waals surface area (Å²) in [5, 5.41) is 6.25. The average Bonchev–Trinajstić information content (AvgIpc) is 2.79. The molecule has 1 amide bonds.